The summed E-state index contributed by atoms with van der Waals surface area (Å²) in [6.45, 7) is -0.380. The molecule has 2 aromatic rings. The van der Waals surface area contributed by atoms with Crippen LogP contribution < -0.4 is 4.72 Å². The van der Waals surface area contributed by atoms with Gasteiger partial charge in [-0.2, -0.15) is 0 Å². The van der Waals surface area contributed by atoms with Gasteiger partial charge >= 0.3 is 5.97 Å². The number of hydrogen-bond donors (Lipinski definition) is 1. The molecule has 1 fully saturated rings. The summed E-state index contributed by atoms with van der Waals surface area (Å²) in [6, 6.07) is 11.2. The zero-order valence-corrected chi connectivity index (χ0v) is 16.1. The van der Waals surface area contributed by atoms with E-state index in [4.69, 9.17) is 4.74 Å². The molecule has 2 aliphatic carbocycles. The Morgan fingerprint density at radius 2 is 1.79 bits per heavy atom. The number of benzene rings is 2. The minimum Gasteiger partial charge on any atom is -0.454 e. The Bertz CT molecular complexity index is 1040. The number of aryl methyl sites for hydroxylation is 2. The molecule has 7 heteroatoms. The van der Waals surface area contributed by atoms with Gasteiger partial charge in [0.1, 0.15) is 0 Å². The van der Waals surface area contributed by atoms with Crippen molar-refractivity contribution in [1.29, 1.82) is 0 Å². The van der Waals surface area contributed by atoms with E-state index in [2.05, 4.69) is 4.72 Å². The molecular weight excluding hydrogens is 378 g/mol. The number of sulfonamides is 1. The van der Waals surface area contributed by atoms with E-state index >= 15 is 0 Å². The van der Waals surface area contributed by atoms with Crippen LogP contribution in [0.4, 0.5) is 0 Å². The molecule has 146 valence electrons. The van der Waals surface area contributed by atoms with Crippen molar-refractivity contribution < 1.29 is 22.7 Å². The highest BCUT2D eigenvalue weighted by Gasteiger charge is 2.28. The summed E-state index contributed by atoms with van der Waals surface area (Å²) in [5.41, 5.74) is 3.07. The van der Waals surface area contributed by atoms with E-state index in [0.29, 0.717) is 5.56 Å². The van der Waals surface area contributed by atoms with E-state index in [9.17, 15) is 18.0 Å². The number of carbonyl (C=O) groups is 2. The molecule has 28 heavy (non-hydrogen) atoms. The van der Waals surface area contributed by atoms with Gasteiger partial charge in [-0.05, 0) is 67.5 Å². The van der Waals surface area contributed by atoms with Crippen LogP contribution in [0.3, 0.4) is 0 Å². The molecule has 0 aliphatic heterocycles. The number of ether oxygens (including phenoxy) is 1. The molecule has 0 spiro atoms. The first-order chi connectivity index (χ1) is 13.4. The summed E-state index contributed by atoms with van der Waals surface area (Å²) in [4.78, 5) is 24.7. The van der Waals surface area contributed by atoms with Gasteiger partial charge in [0.15, 0.2) is 12.4 Å². The number of fused-ring (bicyclic) bond motifs is 1. The summed E-state index contributed by atoms with van der Waals surface area (Å²) in [7, 11) is -3.66. The maximum Gasteiger partial charge on any atom is 0.338 e. The maximum absolute atomic E-state index is 12.4. The summed E-state index contributed by atoms with van der Waals surface area (Å²) in [6.07, 6.45) is 4.74. The van der Waals surface area contributed by atoms with E-state index in [1.165, 1.54) is 35.4 Å². The lowest BCUT2D eigenvalue weighted by molar-refractivity contribution is 0.0474. The van der Waals surface area contributed by atoms with Crippen LogP contribution in [0.15, 0.2) is 47.4 Å². The van der Waals surface area contributed by atoms with Gasteiger partial charge in [0, 0.05) is 11.6 Å². The fourth-order valence-corrected chi connectivity index (χ4v) is 4.67. The Labute approximate surface area is 164 Å². The highest BCUT2D eigenvalue weighted by molar-refractivity contribution is 7.89. The van der Waals surface area contributed by atoms with E-state index in [1.54, 1.807) is 6.07 Å². The number of rotatable bonds is 7. The quantitative estimate of drug-likeness (QED) is 0.571. The molecule has 2 aliphatic rings. The molecule has 4 rings (SSSR count). The topological polar surface area (TPSA) is 89.5 Å². The van der Waals surface area contributed by atoms with Crippen molar-refractivity contribution >= 4 is 21.8 Å². The third-order valence-electron chi connectivity index (χ3n) is 5.03. The van der Waals surface area contributed by atoms with Crippen LogP contribution in [0.1, 0.15) is 51.1 Å². The molecule has 0 saturated heterocycles. The molecule has 0 unspecified atom stereocenters. The molecule has 0 heterocycles. The van der Waals surface area contributed by atoms with Crippen molar-refractivity contribution in [3.8, 4) is 0 Å². The van der Waals surface area contributed by atoms with E-state index < -0.39 is 16.0 Å². The Morgan fingerprint density at radius 3 is 2.57 bits per heavy atom. The first-order valence-corrected chi connectivity index (χ1v) is 10.9. The SMILES string of the molecule is O=C(COC(=O)c1cccc(S(=O)(=O)NC2CC2)c1)c1ccc2c(c1)CCC2. The molecule has 2 aromatic carbocycles. The first kappa shape index (κ1) is 18.8. The number of esters is 1. The monoisotopic (exact) mass is 399 g/mol. The smallest absolute Gasteiger partial charge is 0.338 e. The minimum atomic E-state index is -3.66. The molecule has 0 radical (unpaired) electrons. The zero-order chi connectivity index (χ0) is 19.7. The molecular formula is C21H21NO5S. The first-order valence-electron chi connectivity index (χ1n) is 9.37. The average Bonchev–Trinajstić information content (AvgIpc) is 3.37. The minimum absolute atomic E-state index is 0.0128. The van der Waals surface area contributed by atoms with Crippen LogP contribution >= 0.6 is 0 Å². The third kappa shape index (κ3) is 4.15. The van der Waals surface area contributed by atoms with E-state index in [1.807, 2.05) is 12.1 Å². The Hall–Kier alpha value is -2.51. The van der Waals surface area contributed by atoms with Crippen molar-refractivity contribution in [2.75, 3.05) is 6.61 Å². The van der Waals surface area contributed by atoms with E-state index in [0.717, 1.165) is 32.1 Å². The predicted octanol–water partition coefficient (Wildman–Crippen LogP) is 2.66. The molecule has 6 nitrogen and oxygen atoms in total. The largest absolute Gasteiger partial charge is 0.454 e. The second-order valence-electron chi connectivity index (χ2n) is 7.26. The van der Waals surface area contributed by atoms with E-state index in [-0.39, 0.29) is 28.9 Å². The van der Waals surface area contributed by atoms with Gasteiger partial charge in [-0.25, -0.2) is 17.9 Å². The summed E-state index contributed by atoms with van der Waals surface area (Å²) in [5, 5.41) is 0. The standard InChI is InChI=1S/C21H21NO5S/c23-20(16-8-7-14-3-1-4-15(14)11-16)13-27-21(24)17-5-2-6-19(12-17)28(25,26)22-18-9-10-18/h2,5-8,11-12,18,22H,1,3-4,9-10,13H2. The highest BCUT2D eigenvalue weighted by atomic mass is 32.2. The normalized spacial score (nSPS) is 15.9. The van der Waals surface area contributed by atoms with Crippen molar-refractivity contribution in [3.63, 3.8) is 0 Å². The second-order valence-corrected chi connectivity index (χ2v) is 8.97. The lowest BCUT2D eigenvalue weighted by atomic mass is 10.0. The molecule has 0 aromatic heterocycles. The fraction of sp³-hybridized carbons (Fsp3) is 0.333. The van der Waals surface area contributed by atoms with Gasteiger partial charge in [-0.1, -0.05) is 18.2 Å². The molecule has 0 amide bonds. The van der Waals surface area contributed by atoms with Crippen molar-refractivity contribution in [3.05, 3.63) is 64.7 Å². The van der Waals surface area contributed by atoms with Crippen LogP contribution in [0.5, 0.6) is 0 Å². The van der Waals surface area contributed by atoms with Crippen LogP contribution in [0.2, 0.25) is 0 Å². The van der Waals surface area contributed by atoms with Crippen LogP contribution in [0.25, 0.3) is 0 Å². The number of hydrogen-bond acceptors (Lipinski definition) is 5. The molecule has 1 saturated carbocycles. The lowest BCUT2D eigenvalue weighted by Crippen LogP contribution is -2.26. The average molecular weight is 399 g/mol. The van der Waals surface area contributed by atoms with Gasteiger partial charge in [0.2, 0.25) is 10.0 Å². The van der Waals surface area contributed by atoms with Crippen molar-refractivity contribution in [2.24, 2.45) is 0 Å². The van der Waals surface area contributed by atoms with Crippen LogP contribution in [-0.4, -0.2) is 32.8 Å². The van der Waals surface area contributed by atoms with Gasteiger partial charge < -0.3 is 4.74 Å². The number of ketones is 1. The maximum atomic E-state index is 12.4. The Kier molecular flexibility index (Phi) is 5.03. The van der Waals surface area contributed by atoms with Crippen molar-refractivity contribution in [2.45, 2.75) is 43.0 Å². The summed E-state index contributed by atoms with van der Waals surface area (Å²) >= 11 is 0. The Balaban J connectivity index is 1.41. The molecule has 0 bridgehead atoms. The number of nitrogens with one attached hydrogen (secondary N) is 1. The highest BCUT2D eigenvalue weighted by Crippen LogP contribution is 2.24. The Morgan fingerprint density at radius 1 is 1.00 bits per heavy atom. The summed E-state index contributed by atoms with van der Waals surface area (Å²) < 4.78 is 32.3. The van der Waals surface area contributed by atoms with Gasteiger partial charge in [-0.3, -0.25) is 4.79 Å². The van der Waals surface area contributed by atoms with Gasteiger partial charge in [0.05, 0.1) is 10.5 Å². The van der Waals surface area contributed by atoms with Gasteiger partial charge in [-0.15, -0.1) is 0 Å². The number of Topliss-reactive ketones (excluding diaryl/α,β-unsaturated/α-hetero) is 1. The zero-order valence-electron chi connectivity index (χ0n) is 15.3. The fourth-order valence-electron chi connectivity index (χ4n) is 3.32. The summed E-state index contributed by atoms with van der Waals surface area (Å²) in [5.74, 6) is -1.000. The second kappa shape index (κ2) is 7.48. The van der Waals surface area contributed by atoms with Crippen molar-refractivity contribution in [1.82, 2.24) is 4.72 Å². The number of carbonyl (C=O) groups excluding carboxylic acids is 2. The van der Waals surface area contributed by atoms with Crippen LogP contribution in [0, 0.1) is 0 Å². The van der Waals surface area contributed by atoms with Gasteiger partial charge in [0.25, 0.3) is 0 Å². The lowest BCUT2D eigenvalue weighted by Gasteiger charge is -2.08. The third-order valence-corrected chi connectivity index (χ3v) is 6.55. The molecule has 0 atom stereocenters. The van der Waals surface area contributed by atoms with Crippen LogP contribution in [-0.2, 0) is 27.6 Å². The molecule has 1 N–H and O–H groups in total. The predicted molar refractivity (Wildman–Crippen MR) is 103 cm³/mol.